The number of ether oxygens (including phenoxy) is 3. The number of rotatable bonds is 5. The Kier molecular flexibility index (Phi) is 5.46. The highest BCUT2D eigenvalue weighted by Gasteiger charge is 2.26. The number of aliphatic imine (C=N–C) groups is 1. The van der Waals surface area contributed by atoms with Gasteiger partial charge in [0.2, 0.25) is 5.90 Å². The average Bonchev–Trinajstić information content (AvgIpc) is 2.97. The summed E-state index contributed by atoms with van der Waals surface area (Å²) in [6, 6.07) is 9.23. The minimum Gasteiger partial charge on any atom is -0.493 e. The number of carbonyl (C=O) groups excluding carboxylic acids is 1. The largest absolute Gasteiger partial charge is 0.493 e. The maximum atomic E-state index is 13.9. The summed E-state index contributed by atoms with van der Waals surface area (Å²) in [7, 11) is 1.49. The Morgan fingerprint density at radius 2 is 2.00 bits per heavy atom. The lowest BCUT2D eigenvalue weighted by molar-refractivity contribution is -0.129. The summed E-state index contributed by atoms with van der Waals surface area (Å²) in [5.74, 6) is -0.438. The first kappa shape index (κ1) is 18.9. The van der Waals surface area contributed by atoms with Crippen molar-refractivity contribution in [2.45, 2.75) is 20.0 Å². The fourth-order valence-corrected chi connectivity index (χ4v) is 2.75. The number of benzene rings is 2. The highest BCUT2D eigenvalue weighted by Crippen LogP contribution is 2.38. The van der Waals surface area contributed by atoms with E-state index < -0.39 is 11.8 Å². The summed E-state index contributed by atoms with van der Waals surface area (Å²) >= 11 is 6.29. The molecule has 5 nitrogen and oxygen atoms in total. The summed E-state index contributed by atoms with van der Waals surface area (Å²) < 4.78 is 30.0. The van der Waals surface area contributed by atoms with Crippen molar-refractivity contribution in [3.63, 3.8) is 0 Å². The van der Waals surface area contributed by atoms with E-state index in [9.17, 15) is 9.18 Å². The minimum absolute atomic E-state index is 0.0314. The predicted molar refractivity (Wildman–Crippen MR) is 101 cm³/mol. The maximum Gasteiger partial charge on any atom is 0.363 e. The number of cyclic esters (lactones) is 1. The smallest absolute Gasteiger partial charge is 0.363 e. The van der Waals surface area contributed by atoms with Crippen LogP contribution in [0.1, 0.15) is 25.0 Å². The molecule has 0 bridgehead atoms. The van der Waals surface area contributed by atoms with Crippen LogP contribution in [0.15, 0.2) is 47.1 Å². The van der Waals surface area contributed by atoms with Crippen LogP contribution >= 0.6 is 11.6 Å². The van der Waals surface area contributed by atoms with Crippen LogP contribution in [0.2, 0.25) is 5.02 Å². The number of halogens is 2. The summed E-state index contributed by atoms with van der Waals surface area (Å²) in [5.41, 5.74) is 0.716. The van der Waals surface area contributed by atoms with E-state index in [1.165, 1.54) is 25.3 Å². The van der Waals surface area contributed by atoms with Crippen molar-refractivity contribution >= 4 is 29.5 Å². The summed E-state index contributed by atoms with van der Waals surface area (Å²) in [6.45, 7) is 3.75. The molecule has 7 heteroatoms. The van der Waals surface area contributed by atoms with Gasteiger partial charge in [0.25, 0.3) is 0 Å². The van der Waals surface area contributed by atoms with E-state index in [4.69, 9.17) is 25.8 Å². The predicted octanol–water partition coefficient (Wildman–Crippen LogP) is 4.62. The molecule has 27 heavy (non-hydrogen) atoms. The Labute approximate surface area is 161 Å². The number of hydrogen-bond acceptors (Lipinski definition) is 5. The normalized spacial score (nSPS) is 15.1. The van der Waals surface area contributed by atoms with Crippen molar-refractivity contribution in [3.05, 3.63) is 64.1 Å². The van der Waals surface area contributed by atoms with Gasteiger partial charge in [-0.1, -0.05) is 23.7 Å². The Morgan fingerprint density at radius 3 is 2.67 bits per heavy atom. The molecular formula is C20H17ClFNO4. The highest BCUT2D eigenvalue weighted by molar-refractivity contribution is 6.32. The monoisotopic (exact) mass is 389 g/mol. The van der Waals surface area contributed by atoms with Gasteiger partial charge in [-0.2, -0.15) is 0 Å². The molecule has 0 fully saturated rings. The molecule has 0 atom stereocenters. The molecule has 0 unspecified atom stereocenters. The second kappa shape index (κ2) is 7.80. The van der Waals surface area contributed by atoms with Crippen molar-refractivity contribution in [2.75, 3.05) is 7.11 Å². The lowest BCUT2D eigenvalue weighted by Crippen LogP contribution is -2.07. The average molecular weight is 390 g/mol. The van der Waals surface area contributed by atoms with E-state index in [1.807, 2.05) is 13.8 Å². The van der Waals surface area contributed by atoms with E-state index in [-0.39, 0.29) is 23.3 Å². The second-order valence-electron chi connectivity index (χ2n) is 6.02. The molecule has 0 N–H and O–H groups in total. The van der Waals surface area contributed by atoms with Crippen LogP contribution in [0.25, 0.3) is 6.08 Å². The Hall–Kier alpha value is -2.86. The number of esters is 1. The Balaban J connectivity index is 1.98. The standard InChI is InChI=1S/C20H17ClFNO4/c1-11(2)26-18-14(21)8-12(10-17(18)25-3)9-16-20(24)27-19(23-16)13-6-4-5-7-15(13)22/h4-11H,1-3H3/b16-9-. The molecule has 1 aliphatic rings. The third-order valence-corrected chi connectivity index (χ3v) is 3.91. The van der Waals surface area contributed by atoms with Gasteiger partial charge in [0.1, 0.15) is 5.82 Å². The molecule has 1 aliphatic heterocycles. The molecule has 0 radical (unpaired) electrons. The quantitative estimate of drug-likeness (QED) is 0.553. The number of methoxy groups -OCH3 is 1. The highest BCUT2D eigenvalue weighted by atomic mass is 35.5. The van der Waals surface area contributed by atoms with Crippen LogP contribution in [-0.2, 0) is 9.53 Å². The zero-order valence-electron chi connectivity index (χ0n) is 15.0. The fourth-order valence-electron chi connectivity index (χ4n) is 2.49. The van der Waals surface area contributed by atoms with Crippen LogP contribution in [0, 0.1) is 5.82 Å². The minimum atomic E-state index is -0.675. The summed E-state index contributed by atoms with van der Waals surface area (Å²) in [4.78, 5) is 16.2. The van der Waals surface area contributed by atoms with Crippen LogP contribution < -0.4 is 9.47 Å². The molecule has 0 amide bonds. The zero-order valence-corrected chi connectivity index (χ0v) is 15.7. The summed E-state index contributed by atoms with van der Waals surface area (Å²) in [5, 5.41) is 0.333. The first-order chi connectivity index (χ1) is 12.9. The van der Waals surface area contributed by atoms with Gasteiger partial charge in [-0.15, -0.1) is 0 Å². The van der Waals surface area contributed by atoms with Crippen molar-refractivity contribution in [1.82, 2.24) is 0 Å². The lowest BCUT2D eigenvalue weighted by Gasteiger charge is -2.15. The van der Waals surface area contributed by atoms with Crippen LogP contribution in [0.5, 0.6) is 11.5 Å². The van der Waals surface area contributed by atoms with Gasteiger partial charge in [-0.3, -0.25) is 0 Å². The van der Waals surface area contributed by atoms with Gasteiger partial charge in [0.15, 0.2) is 17.2 Å². The Bertz CT molecular complexity index is 953. The number of nitrogens with zero attached hydrogens (tertiary/aromatic N) is 1. The van der Waals surface area contributed by atoms with E-state index in [2.05, 4.69) is 4.99 Å². The molecule has 0 saturated carbocycles. The SMILES string of the molecule is COc1cc(/C=C2\N=C(c3ccccc3F)OC2=O)cc(Cl)c1OC(C)C. The molecule has 3 rings (SSSR count). The van der Waals surface area contributed by atoms with Gasteiger partial charge in [0.05, 0.1) is 23.8 Å². The number of hydrogen-bond donors (Lipinski definition) is 0. The topological polar surface area (TPSA) is 57.1 Å². The van der Waals surface area contributed by atoms with Crippen molar-refractivity contribution in [2.24, 2.45) is 4.99 Å². The molecule has 0 aromatic heterocycles. The van der Waals surface area contributed by atoms with E-state index in [0.717, 1.165) is 0 Å². The molecule has 0 saturated heterocycles. The van der Waals surface area contributed by atoms with Crippen molar-refractivity contribution in [3.8, 4) is 11.5 Å². The lowest BCUT2D eigenvalue weighted by atomic mass is 10.1. The van der Waals surface area contributed by atoms with Crippen molar-refractivity contribution < 1.29 is 23.4 Å². The molecule has 2 aromatic rings. The zero-order chi connectivity index (χ0) is 19.6. The fraction of sp³-hybridized carbons (Fsp3) is 0.200. The van der Waals surface area contributed by atoms with Crippen LogP contribution in [0.4, 0.5) is 4.39 Å². The maximum absolute atomic E-state index is 13.9. The molecule has 140 valence electrons. The molecule has 1 heterocycles. The van der Waals surface area contributed by atoms with Gasteiger partial charge in [-0.25, -0.2) is 14.2 Å². The molecule has 0 spiro atoms. The third kappa shape index (κ3) is 4.11. The third-order valence-electron chi connectivity index (χ3n) is 3.63. The first-order valence-corrected chi connectivity index (χ1v) is 8.58. The van der Waals surface area contributed by atoms with Gasteiger partial charge in [0, 0.05) is 0 Å². The van der Waals surface area contributed by atoms with Gasteiger partial charge in [-0.05, 0) is 49.8 Å². The van der Waals surface area contributed by atoms with Crippen LogP contribution in [0.3, 0.4) is 0 Å². The van der Waals surface area contributed by atoms with E-state index in [0.29, 0.717) is 22.1 Å². The van der Waals surface area contributed by atoms with Crippen molar-refractivity contribution in [1.29, 1.82) is 0 Å². The Morgan fingerprint density at radius 1 is 1.26 bits per heavy atom. The summed E-state index contributed by atoms with van der Waals surface area (Å²) in [6.07, 6.45) is 1.40. The van der Waals surface area contributed by atoms with Gasteiger partial charge < -0.3 is 14.2 Å². The first-order valence-electron chi connectivity index (χ1n) is 8.20. The second-order valence-corrected chi connectivity index (χ2v) is 6.42. The van der Waals surface area contributed by atoms with Gasteiger partial charge >= 0.3 is 5.97 Å². The van der Waals surface area contributed by atoms with E-state index >= 15 is 0 Å². The number of carbonyl (C=O) groups is 1. The molecular weight excluding hydrogens is 373 g/mol. The molecule has 2 aromatic carbocycles. The molecule has 0 aliphatic carbocycles. The van der Waals surface area contributed by atoms with E-state index in [1.54, 1.807) is 24.3 Å². The van der Waals surface area contributed by atoms with Crippen LogP contribution in [-0.4, -0.2) is 25.1 Å².